The predicted octanol–water partition coefficient (Wildman–Crippen LogP) is 1.38. The third-order valence-electron chi connectivity index (χ3n) is 2.32. The molecule has 0 aromatic heterocycles. The second-order valence-electron chi connectivity index (χ2n) is 3.44. The van der Waals surface area contributed by atoms with Crippen molar-refractivity contribution in [2.24, 2.45) is 5.73 Å². The number of aliphatic hydroxyl groups is 1. The first-order valence-electron chi connectivity index (χ1n) is 4.18. The third kappa shape index (κ3) is 2.05. The summed E-state index contributed by atoms with van der Waals surface area (Å²) in [4.78, 5) is 0. The highest BCUT2D eigenvalue weighted by molar-refractivity contribution is 5.23. The maximum atomic E-state index is 12.6. The normalized spacial score (nSPS) is 17.9. The van der Waals surface area contributed by atoms with Crippen LogP contribution in [0.15, 0.2) is 24.3 Å². The van der Waals surface area contributed by atoms with Gasteiger partial charge >= 0.3 is 0 Å². The first kappa shape index (κ1) is 10.2. The van der Waals surface area contributed by atoms with Crippen molar-refractivity contribution in [1.82, 2.24) is 0 Å². The molecular weight excluding hydrogens is 169 g/mol. The predicted molar refractivity (Wildman–Crippen MR) is 49.6 cm³/mol. The van der Waals surface area contributed by atoms with Crippen LogP contribution in [0.2, 0.25) is 0 Å². The molecule has 72 valence electrons. The number of hydrogen-bond acceptors (Lipinski definition) is 2. The van der Waals surface area contributed by atoms with E-state index in [1.54, 1.807) is 26.0 Å². The summed E-state index contributed by atoms with van der Waals surface area (Å²) in [6.07, 6.45) is 0. The van der Waals surface area contributed by atoms with E-state index in [9.17, 15) is 9.50 Å². The Morgan fingerprint density at radius 2 is 1.85 bits per heavy atom. The van der Waals surface area contributed by atoms with E-state index in [0.29, 0.717) is 5.56 Å². The lowest BCUT2D eigenvalue weighted by atomic mass is 9.90. The van der Waals surface area contributed by atoms with Gasteiger partial charge in [-0.25, -0.2) is 4.39 Å². The van der Waals surface area contributed by atoms with Gasteiger partial charge in [-0.3, -0.25) is 0 Å². The molecule has 0 fully saturated rings. The van der Waals surface area contributed by atoms with Crippen LogP contribution >= 0.6 is 0 Å². The number of rotatable bonds is 2. The first-order chi connectivity index (χ1) is 5.94. The molecule has 1 aromatic carbocycles. The summed E-state index contributed by atoms with van der Waals surface area (Å²) >= 11 is 0. The Balaban J connectivity index is 3.01. The van der Waals surface area contributed by atoms with E-state index in [1.165, 1.54) is 12.1 Å². The van der Waals surface area contributed by atoms with E-state index >= 15 is 0 Å². The van der Waals surface area contributed by atoms with Crippen LogP contribution < -0.4 is 5.73 Å². The molecule has 0 amide bonds. The monoisotopic (exact) mass is 183 g/mol. The van der Waals surface area contributed by atoms with Crippen molar-refractivity contribution in [3.63, 3.8) is 0 Å². The van der Waals surface area contributed by atoms with Gasteiger partial charge in [0.25, 0.3) is 0 Å². The Morgan fingerprint density at radius 3 is 2.23 bits per heavy atom. The second kappa shape index (κ2) is 3.44. The van der Waals surface area contributed by atoms with Crippen LogP contribution in [0.1, 0.15) is 19.4 Å². The van der Waals surface area contributed by atoms with Gasteiger partial charge in [0, 0.05) is 6.04 Å². The van der Waals surface area contributed by atoms with Crippen molar-refractivity contribution in [2.45, 2.75) is 25.5 Å². The zero-order valence-electron chi connectivity index (χ0n) is 7.79. The highest BCUT2D eigenvalue weighted by Crippen LogP contribution is 2.23. The molecule has 0 spiro atoms. The number of halogens is 1. The standard InChI is InChI=1S/C10H14FNO/c1-7(12)10(2,13)8-3-5-9(11)6-4-8/h3-7,13H,12H2,1-2H3. The topological polar surface area (TPSA) is 46.2 Å². The van der Waals surface area contributed by atoms with Gasteiger partial charge < -0.3 is 10.8 Å². The summed E-state index contributed by atoms with van der Waals surface area (Å²) in [5, 5.41) is 9.91. The molecule has 0 aliphatic heterocycles. The summed E-state index contributed by atoms with van der Waals surface area (Å²) in [7, 11) is 0. The number of benzene rings is 1. The summed E-state index contributed by atoms with van der Waals surface area (Å²) in [6, 6.07) is 5.31. The molecule has 2 nitrogen and oxygen atoms in total. The Morgan fingerprint density at radius 1 is 1.38 bits per heavy atom. The molecule has 0 aliphatic carbocycles. The molecule has 0 heterocycles. The quantitative estimate of drug-likeness (QED) is 0.727. The highest BCUT2D eigenvalue weighted by Gasteiger charge is 2.27. The van der Waals surface area contributed by atoms with Crippen molar-refractivity contribution in [1.29, 1.82) is 0 Å². The van der Waals surface area contributed by atoms with Gasteiger partial charge in [0.05, 0.1) is 0 Å². The molecule has 0 bridgehead atoms. The molecule has 1 rings (SSSR count). The fraction of sp³-hybridized carbons (Fsp3) is 0.400. The Hall–Kier alpha value is -0.930. The van der Waals surface area contributed by atoms with Crippen molar-refractivity contribution >= 4 is 0 Å². The zero-order valence-corrected chi connectivity index (χ0v) is 7.79. The van der Waals surface area contributed by atoms with Gasteiger partial charge in [-0.05, 0) is 31.5 Å². The Bertz CT molecular complexity index is 279. The zero-order chi connectivity index (χ0) is 10.1. The number of hydrogen-bond donors (Lipinski definition) is 2. The van der Waals surface area contributed by atoms with E-state index in [2.05, 4.69) is 0 Å². The molecule has 3 N–H and O–H groups in total. The fourth-order valence-corrected chi connectivity index (χ4v) is 1.05. The Labute approximate surface area is 77.2 Å². The van der Waals surface area contributed by atoms with Gasteiger partial charge in [0.2, 0.25) is 0 Å². The van der Waals surface area contributed by atoms with Crippen molar-refractivity contribution in [2.75, 3.05) is 0 Å². The molecule has 3 heteroatoms. The van der Waals surface area contributed by atoms with Crippen molar-refractivity contribution < 1.29 is 9.50 Å². The highest BCUT2D eigenvalue weighted by atomic mass is 19.1. The van der Waals surface area contributed by atoms with E-state index in [4.69, 9.17) is 5.73 Å². The maximum Gasteiger partial charge on any atom is 0.123 e. The molecule has 0 saturated heterocycles. The van der Waals surface area contributed by atoms with Crippen molar-refractivity contribution in [3.8, 4) is 0 Å². The average Bonchev–Trinajstić information content (AvgIpc) is 2.04. The molecule has 0 aliphatic rings. The summed E-state index contributed by atoms with van der Waals surface area (Å²) in [6.45, 7) is 3.33. The van der Waals surface area contributed by atoms with E-state index in [0.717, 1.165) is 0 Å². The lowest BCUT2D eigenvalue weighted by Crippen LogP contribution is -2.40. The van der Waals surface area contributed by atoms with Crippen LogP contribution in [0, 0.1) is 5.82 Å². The minimum Gasteiger partial charge on any atom is -0.384 e. The lowest BCUT2D eigenvalue weighted by molar-refractivity contribution is 0.0348. The first-order valence-corrected chi connectivity index (χ1v) is 4.18. The van der Waals surface area contributed by atoms with E-state index in [1.807, 2.05) is 0 Å². The second-order valence-corrected chi connectivity index (χ2v) is 3.44. The van der Waals surface area contributed by atoms with Crippen LogP contribution in [-0.2, 0) is 5.60 Å². The van der Waals surface area contributed by atoms with Gasteiger partial charge in [-0.2, -0.15) is 0 Å². The van der Waals surface area contributed by atoms with Crippen LogP contribution in [0.4, 0.5) is 4.39 Å². The molecule has 13 heavy (non-hydrogen) atoms. The molecule has 2 unspecified atom stereocenters. The van der Waals surface area contributed by atoms with Crippen LogP contribution in [0.3, 0.4) is 0 Å². The van der Waals surface area contributed by atoms with E-state index < -0.39 is 11.6 Å². The van der Waals surface area contributed by atoms with Crippen molar-refractivity contribution in [3.05, 3.63) is 35.6 Å². The molecule has 0 radical (unpaired) electrons. The molecular formula is C10H14FNO. The fourth-order valence-electron chi connectivity index (χ4n) is 1.05. The summed E-state index contributed by atoms with van der Waals surface area (Å²) in [5.74, 6) is -0.316. The summed E-state index contributed by atoms with van der Waals surface area (Å²) in [5.41, 5.74) is 5.12. The molecule has 1 aromatic rings. The average molecular weight is 183 g/mol. The third-order valence-corrected chi connectivity index (χ3v) is 2.32. The lowest BCUT2D eigenvalue weighted by Gasteiger charge is -2.27. The molecule has 0 saturated carbocycles. The van der Waals surface area contributed by atoms with Gasteiger partial charge in [0.15, 0.2) is 0 Å². The van der Waals surface area contributed by atoms with Gasteiger partial charge in [0.1, 0.15) is 11.4 Å². The molecule has 2 atom stereocenters. The summed E-state index contributed by atoms with van der Waals surface area (Å²) < 4.78 is 12.6. The van der Waals surface area contributed by atoms with Crippen LogP contribution in [-0.4, -0.2) is 11.1 Å². The Kier molecular flexibility index (Phi) is 2.68. The minimum absolute atomic E-state index is 0.316. The van der Waals surface area contributed by atoms with Crippen LogP contribution in [0.5, 0.6) is 0 Å². The largest absolute Gasteiger partial charge is 0.384 e. The van der Waals surface area contributed by atoms with Gasteiger partial charge in [-0.15, -0.1) is 0 Å². The maximum absolute atomic E-state index is 12.6. The van der Waals surface area contributed by atoms with Gasteiger partial charge in [-0.1, -0.05) is 12.1 Å². The minimum atomic E-state index is -1.10. The smallest absolute Gasteiger partial charge is 0.123 e. The van der Waals surface area contributed by atoms with E-state index in [-0.39, 0.29) is 5.82 Å². The SMILES string of the molecule is CC(N)C(C)(O)c1ccc(F)cc1. The van der Waals surface area contributed by atoms with Crippen LogP contribution in [0.25, 0.3) is 0 Å². The number of nitrogens with two attached hydrogens (primary N) is 1.